The molecule has 2 rings (SSSR count). The van der Waals surface area contributed by atoms with E-state index < -0.39 is 17.9 Å². The van der Waals surface area contributed by atoms with Gasteiger partial charge in [0.15, 0.2) is 5.76 Å². The summed E-state index contributed by atoms with van der Waals surface area (Å²) in [6.07, 6.45) is 0. The number of nitrogens with one attached hydrogen (secondary N) is 1. The molecule has 0 radical (unpaired) electrons. The largest absolute Gasteiger partial charge is 0.467 e. The quantitative estimate of drug-likeness (QED) is 0.884. The second-order valence-electron chi connectivity index (χ2n) is 4.41. The maximum absolute atomic E-state index is 12.1. The van der Waals surface area contributed by atoms with E-state index in [2.05, 4.69) is 10.1 Å². The molecule has 1 N–H and O–H groups in total. The van der Waals surface area contributed by atoms with Gasteiger partial charge in [-0.3, -0.25) is 4.79 Å². The molecule has 5 nitrogen and oxygen atoms in total. The third-order valence-corrected chi connectivity index (χ3v) is 3.24. The summed E-state index contributed by atoms with van der Waals surface area (Å²) in [5.41, 5.74) is 1.25. The second-order valence-corrected chi connectivity index (χ2v) is 4.85. The first-order valence-electron chi connectivity index (χ1n) is 6.01. The Morgan fingerprint density at radius 2 is 2.10 bits per heavy atom. The molecule has 2 aromatic rings. The number of rotatable bonds is 3. The third-order valence-electron chi connectivity index (χ3n) is 3.01. The average molecular weight is 296 g/mol. The van der Waals surface area contributed by atoms with E-state index in [0.717, 1.165) is 5.39 Å². The molecule has 0 saturated carbocycles. The highest BCUT2D eigenvalue weighted by Gasteiger charge is 2.22. The minimum atomic E-state index is -0.747. The van der Waals surface area contributed by atoms with Crippen molar-refractivity contribution >= 4 is 34.4 Å². The number of amides is 1. The van der Waals surface area contributed by atoms with Gasteiger partial charge in [-0.2, -0.15) is 0 Å². The Bertz CT molecular complexity index is 677. The predicted octanol–water partition coefficient (Wildman–Crippen LogP) is 2.69. The summed E-state index contributed by atoms with van der Waals surface area (Å²) in [5.74, 6) is -0.819. The molecule has 1 amide bonds. The van der Waals surface area contributed by atoms with Crippen molar-refractivity contribution in [1.82, 2.24) is 5.32 Å². The average Bonchev–Trinajstić information content (AvgIpc) is 2.75. The molecule has 1 atom stereocenters. The number of hydrogen-bond acceptors (Lipinski definition) is 4. The minimum Gasteiger partial charge on any atom is -0.467 e. The number of carbonyl (C=O) groups is 2. The van der Waals surface area contributed by atoms with Crippen molar-refractivity contribution in [2.75, 3.05) is 7.11 Å². The normalized spacial score (nSPS) is 12.2. The highest BCUT2D eigenvalue weighted by molar-refractivity contribution is 6.31. The third kappa shape index (κ3) is 2.63. The summed E-state index contributed by atoms with van der Waals surface area (Å²) >= 11 is 5.92. The zero-order valence-electron chi connectivity index (χ0n) is 11.3. The predicted molar refractivity (Wildman–Crippen MR) is 74.9 cm³/mol. The van der Waals surface area contributed by atoms with E-state index in [4.69, 9.17) is 16.0 Å². The molecule has 1 unspecified atom stereocenters. The van der Waals surface area contributed by atoms with Gasteiger partial charge in [0.1, 0.15) is 11.6 Å². The van der Waals surface area contributed by atoms with Gasteiger partial charge in [-0.25, -0.2) is 4.79 Å². The van der Waals surface area contributed by atoms with Crippen molar-refractivity contribution in [3.05, 3.63) is 34.5 Å². The summed E-state index contributed by atoms with van der Waals surface area (Å²) in [4.78, 5) is 23.4. The molecule has 0 aliphatic carbocycles. The van der Waals surface area contributed by atoms with Gasteiger partial charge in [0, 0.05) is 16.0 Å². The number of esters is 1. The van der Waals surface area contributed by atoms with E-state index in [0.29, 0.717) is 16.2 Å². The fourth-order valence-corrected chi connectivity index (χ4v) is 2.08. The molecular weight excluding hydrogens is 282 g/mol. The topological polar surface area (TPSA) is 68.5 Å². The lowest BCUT2D eigenvalue weighted by Gasteiger charge is -2.10. The van der Waals surface area contributed by atoms with E-state index in [9.17, 15) is 9.59 Å². The number of aryl methyl sites for hydroxylation is 1. The number of carbonyl (C=O) groups excluding carboxylic acids is 2. The van der Waals surface area contributed by atoms with Crippen molar-refractivity contribution in [1.29, 1.82) is 0 Å². The number of furan rings is 1. The Balaban J connectivity index is 2.31. The van der Waals surface area contributed by atoms with Crippen molar-refractivity contribution in [2.45, 2.75) is 19.9 Å². The lowest BCUT2D eigenvalue weighted by molar-refractivity contribution is -0.142. The second kappa shape index (κ2) is 5.54. The van der Waals surface area contributed by atoms with Crippen LogP contribution in [-0.4, -0.2) is 25.0 Å². The van der Waals surface area contributed by atoms with Gasteiger partial charge in [0.2, 0.25) is 0 Å². The van der Waals surface area contributed by atoms with E-state index in [1.165, 1.54) is 7.11 Å². The zero-order chi connectivity index (χ0) is 14.9. The first-order chi connectivity index (χ1) is 9.43. The number of ether oxygens (including phenoxy) is 1. The summed E-state index contributed by atoms with van der Waals surface area (Å²) < 4.78 is 10.1. The molecule has 6 heteroatoms. The van der Waals surface area contributed by atoms with Gasteiger partial charge in [-0.15, -0.1) is 0 Å². The number of hydrogen-bond donors (Lipinski definition) is 1. The van der Waals surface area contributed by atoms with E-state index >= 15 is 0 Å². The molecule has 0 spiro atoms. The van der Waals surface area contributed by atoms with E-state index in [-0.39, 0.29) is 5.76 Å². The fourth-order valence-electron chi connectivity index (χ4n) is 1.91. The highest BCUT2D eigenvalue weighted by Crippen LogP contribution is 2.27. The van der Waals surface area contributed by atoms with Crippen LogP contribution in [0.5, 0.6) is 0 Å². The van der Waals surface area contributed by atoms with Crippen LogP contribution in [0.4, 0.5) is 0 Å². The first-order valence-corrected chi connectivity index (χ1v) is 6.39. The Morgan fingerprint density at radius 1 is 1.40 bits per heavy atom. The van der Waals surface area contributed by atoms with Gasteiger partial charge in [-0.1, -0.05) is 11.6 Å². The smallest absolute Gasteiger partial charge is 0.328 e. The number of fused-ring (bicyclic) bond motifs is 1. The zero-order valence-corrected chi connectivity index (χ0v) is 12.1. The fraction of sp³-hybridized carbons (Fsp3) is 0.286. The van der Waals surface area contributed by atoms with Gasteiger partial charge in [0.25, 0.3) is 5.91 Å². The van der Waals surface area contributed by atoms with Crippen LogP contribution in [-0.2, 0) is 9.53 Å². The highest BCUT2D eigenvalue weighted by atomic mass is 35.5. The molecule has 0 aliphatic heterocycles. The number of halogens is 1. The van der Waals surface area contributed by atoms with Crippen LogP contribution in [0.25, 0.3) is 11.0 Å². The summed E-state index contributed by atoms with van der Waals surface area (Å²) in [6, 6.07) is 4.37. The van der Waals surface area contributed by atoms with E-state index in [1.807, 2.05) is 0 Å². The molecule has 1 aromatic carbocycles. The standard InChI is InChI=1S/C14H14ClNO4/c1-7-10-6-9(15)4-5-11(10)20-12(7)13(17)16-8(2)14(18)19-3/h4-6,8H,1-3H3,(H,16,17). The summed E-state index contributed by atoms with van der Waals surface area (Å²) in [6.45, 7) is 3.30. The van der Waals surface area contributed by atoms with Gasteiger partial charge < -0.3 is 14.5 Å². The van der Waals surface area contributed by atoms with Crippen molar-refractivity contribution in [3.8, 4) is 0 Å². The Kier molecular flexibility index (Phi) is 3.99. The number of methoxy groups -OCH3 is 1. The first kappa shape index (κ1) is 14.4. The molecule has 0 aliphatic rings. The van der Waals surface area contributed by atoms with Gasteiger partial charge >= 0.3 is 5.97 Å². The van der Waals surface area contributed by atoms with Gasteiger partial charge in [-0.05, 0) is 32.0 Å². The molecule has 0 fully saturated rings. The Hall–Kier alpha value is -2.01. The molecule has 106 valence electrons. The SMILES string of the molecule is COC(=O)C(C)NC(=O)c1oc2ccc(Cl)cc2c1C. The summed E-state index contributed by atoms with van der Waals surface area (Å²) in [7, 11) is 1.26. The monoisotopic (exact) mass is 295 g/mol. The van der Waals surface area contributed by atoms with Gasteiger partial charge in [0.05, 0.1) is 7.11 Å². The molecule has 20 heavy (non-hydrogen) atoms. The lowest BCUT2D eigenvalue weighted by Crippen LogP contribution is -2.39. The minimum absolute atomic E-state index is 0.165. The Labute approximate surface area is 120 Å². The molecule has 1 heterocycles. The summed E-state index contributed by atoms with van der Waals surface area (Å²) in [5, 5.41) is 3.86. The maximum Gasteiger partial charge on any atom is 0.328 e. The van der Waals surface area contributed by atoms with Crippen LogP contribution in [0.2, 0.25) is 5.02 Å². The molecule has 0 bridgehead atoms. The lowest BCUT2D eigenvalue weighted by atomic mass is 10.1. The van der Waals surface area contributed by atoms with Crippen LogP contribution in [0, 0.1) is 6.92 Å². The van der Waals surface area contributed by atoms with Crippen molar-refractivity contribution < 1.29 is 18.7 Å². The van der Waals surface area contributed by atoms with Crippen molar-refractivity contribution in [3.63, 3.8) is 0 Å². The molecule has 1 aromatic heterocycles. The van der Waals surface area contributed by atoms with E-state index in [1.54, 1.807) is 32.0 Å². The Morgan fingerprint density at radius 3 is 2.75 bits per heavy atom. The molecule has 0 saturated heterocycles. The van der Waals surface area contributed by atoms with Crippen LogP contribution in [0.15, 0.2) is 22.6 Å². The number of benzene rings is 1. The van der Waals surface area contributed by atoms with Crippen LogP contribution in [0.1, 0.15) is 23.0 Å². The van der Waals surface area contributed by atoms with Crippen molar-refractivity contribution in [2.24, 2.45) is 0 Å². The maximum atomic E-state index is 12.1. The van der Waals surface area contributed by atoms with Crippen LogP contribution < -0.4 is 5.32 Å². The van der Waals surface area contributed by atoms with Crippen LogP contribution in [0.3, 0.4) is 0 Å². The molecular formula is C14H14ClNO4. The van der Waals surface area contributed by atoms with Crippen LogP contribution >= 0.6 is 11.6 Å².